The maximum Gasteiger partial charge on any atom is 0.435 e. The van der Waals surface area contributed by atoms with Crippen LogP contribution in [0.3, 0.4) is 0 Å². The summed E-state index contributed by atoms with van der Waals surface area (Å²) in [5.74, 6) is 0.419. The molecule has 0 atom stereocenters. The molecule has 0 bridgehead atoms. The zero-order valence-corrected chi connectivity index (χ0v) is 18.0. The first kappa shape index (κ1) is 21.2. The van der Waals surface area contributed by atoms with Gasteiger partial charge in [-0.2, -0.15) is 13.2 Å². The molecule has 4 aromatic rings. The molecule has 0 aliphatic carbocycles. The van der Waals surface area contributed by atoms with Crippen molar-refractivity contribution in [2.24, 2.45) is 0 Å². The molecule has 32 heavy (non-hydrogen) atoms. The summed E-state index contributed by atoms with van der Waals surface area (Å²) in [4.78, 5) is 9.10. The highest BCUT2D eigenvalue weighted by Crippen LogP contribution is 2.33. The number of aromatic nitrogens is 4. The third-order valence-corrected chi connectivity index (χ3v) is 5.99. The summed E-state index contributed by atoms with van der Waals surface area (Å²) in [5.41, 5.74) is 1.22. The first-order valence-corrected chi connectivity index (χ1v) is 10.5. The molecular weight excluding hydrogens is 468 g/mol. The number of H-pyrrole nitrogens is 1. The van der Waals surface area contributed by atoms with E-state index in [0.717, 1.165) is 27.3 Å². The van der Waals surface area contributed by atoms with Crippen LogP contribution in [0.15, 0.2) is 30.5 Å². The van der Waals surface area contributed by atoms with E-state index in [0.29, 0.717) is 54.4 Å². The molecular formula is C20H17Cl2F3N6O. The van der Waals surface area contributed by atoms with Gasteiger partial charge in [0.05, 0.1) is 41.7 Å². The number of hydrogen-bond donors (Lipinski definition) is 2. The van der Waals surface area contributed by atoms with Crippen LogP contribution in [-0.4, -0.2) is 45.9 Å². The fourth-order valence-electron chi connectivity index (χ4n) is 3.70. The van der Waals surface area contributed by atoms with Gasteiger partial charge in [0.2, 0.25) is 0 Å². The normalized spacial score (nSPS) is 15.1. The number of rotatable bonds is 4. The molecule has 0 amide bonds. The fraction of sp³-hybridized carbons (Fsp3) is 0.300. The number of ether oxygens (including phenoxy) is 1. The van der Waals surface area contributed by atoms with Crippen LogP contribution >= 0.6 is 23.2 Å². The molecule has 1 saturated heterocycles. The van der Waals surface area contributed by atoms with Gasteiger partial charge in [0.25, 0.3) is 0 Å². The summed E-state index contributed by atoms with van der Waals surface area (Å²) >= 11 is 12.2. The number of nitrogens with one attached hydrogen (secondary N) is 2. The topological polar surface area (TPSA) is 70.5 Å². The average molecular weight is 485 g/mol. The number of imidazole rings is 1. The van der Waals surface area contributed by atoms with Crippen molar-refractivity contribution in [3.8, 4) is 0 Å². The minimum Gasteiger partial charge on any atom is -0.378 e. The number of morpholine rings is 1. The van der Waals surface area contributed by atoms with Crippen LogP contribution in [0.5, 0.6) is 0 Å². The maximum atomic E-state index is 13.5. The van der Waals surface area contributed by atoms with Gasteiger partial charge in [-0.05, 0) is 18.2 Å². The second-order valence-electron chi connectivity index (χ2n) is 7.39. The number of halogens is 5. The maximum absolute atomic E-state index is 13.5. The number of alkyl halides is 3. The number of aromatic amines is 1. The molecule has 12 heteroatoms. The van der Waals surface area contributed by atoms with Crippen LogP contribution in [-0.2, 0) is 17.5 Å². The van der Waals surface area contributed by atoms with E-state index < -0.39 is 11.9 Å². The molecule has 3 aromatic heterocycles. The smallest absolute Gasteiger partial charge is 0.378 e. The molecule has 1 aliphatic heterocycles. The predicted molar refractivity (Wildman–Crippen MR) is 117 cm³/mol. The van der Waals surface area contributed by atoms with E-state index in [4.69, 9.17) is 27.9 Å². The lowest BCUT2D eigenvalue weighted by molar-refractivity contribution is -0.142. The molecule has 5 rings (SSSR count). The number of hydrogen-bond acceptors (Lipinski definition) is 5. The summed E-state index contributed by atoms with van der Waals surface area (Å²) in [6.45, 7) is 2.37. The third-order valence-electron chi connectivity index (χ3n) is 5.27. The first-order chi connectivity index (χ1) is 15.3. The molecule has 4 heterocycles. The van der Waals surface area contributed by atoms with E-state index in [1.54, 1.807) is 18.2 Å². The van der Waals surface area contributed by atoms with Gasteiger partial charge in [0.15, 0.2) is 17.2 Å². The lowest BCUT2D eigenvalue weighted by Gasteiger charge is -2.28. The number of nitrogens with zero attached hydrogens (tertiary/aromatic N) is 4. The Bertz CT molecular complexity index is 1260. The summed E-state index contributed by atoms with van der Waals surface area (Å²) in [7, 11) is 0. The Hall–Kier alpha value is -2.69. The third kappa shape index (κ3) is 3.94. The molecule has 7 nitrogen and oxygen atoms in total. The van der Waals surface area contributed by atoms with Gasteiger partial charge < -0.3 is 19.9 Å². The highest BCUT2D eigenvalue weighted by atomic mass is 35.5. The van der Waals surface area contributed by atoms with Gasteiger partial charge in [-0.1, -0.05) is 23.2 Å². The van der Waals surface area contributed by atoms with Gasteiger partial charge in [0, 0.05) is 35.8 Å². The molecule has 1 fully saturated rings. The SMILES string of the molecule is FC(F)(F)c1cnc2c(NCc3cc4cc(Cl)c(Cl)cc4[nH]3)cc(N3CCOCC3)nn12. The van der Waals surface area contributed by atoms with Crippen LogP contribution in [0.1, 0.15) is 11.4 Å². The van der Waals surface area contributed by atoms with Crippen molar-refractivity contribution in [1.29, 1.82) is 0 Å². The monoisotopic (exact) mass is 484 g/mol. The van der Waals surface area contributed by atoms with Gasteiger partial charge in [-0.25, -0.2) is 9.50 Å². The largest absolute Gasteiger partial charge is 0.435 e. The Morgan fingerprint density at radius 1 is 1.09 bits per heavy atom. The quantitative estimate of drug-likeness (QED) is 0.427. The van der Waals surface area contributed by atoms with Crippen molar-refractivity contribution in [2.75, 3.05) is 36.5 Å². The average Bonchev–Trinajstić information content (AvgIpc) is 3.36. The van der Waals surface area contributed by atoms with Crippen LogP contribution < -0.4 is 10.2 Å². The summed E-state index contributed by atoms with van der Waals surface area (Å²) in [6.07, 6.45) is -3.79. The second kappa shape index (κ2) is 8.02. The molecule has 0 spiro atoms. The summed E-state index contributed by atoms with van der Waals surface area (Å²) in [6, 6.07) is 7.10. The zero-order chi connectivity index (χ0) is 22.5. The minimum atomic E-state index is -4.58. The molecule has 2 N–H and O–H groups in total. The highest BCUT2D eigenvalue weighted by Gasteiger charge is 2.36. The Morgan fingerprint density at radius 2 is 1.84 bits per heavy atom. The Labute approximate surface area is 190 Å². The van der Waals surface area contributed by atoms with E-state index in [1.807, 2.05) is 11.0 Å². The lowest BCUT2D eigenvalue weighted by Crippen LogP contribution is -2.37. The molecule has 0 saturated carbocycles. The van der Waals surface area contributed by atoms with Gasteiger partial charge in [-0.15, -0.1) is 5.10 Å². The molecule has 0 unspecified atom stereocenters. The second-order valence-corrected chi connectivity index (χ2v) is 8.21. The van der Waals surface area contributed by atoms with Gasteiger partial charge >= 0.3 is 6.18 Å². The predicted octanol–water partition coefficient (Wildman–Crippen LogP) is 4.98. The molecule has 168 valence electrons. The van der Waals surface area contributed by atoms with Gasteiger partial charge in [-0.3, -0.25) is 0 Å². The van der Waals surface area contributed by atoms with E-state index in [1.165, 1.54) is 0 Å². The first-order valence-electron chi connectivity index (χ1n) is 9.79. The number of anilines is 2. The molecule has 1 aliphatic rings. The van der Waals surface area contributed by atoms with E-state index in [9.17, 15) is 13.2 Å². The van der Waals surface area contributed by atoms with Crippen LogP contribution in [0.2, 0.25) is 10.0 Å². The Kier molecular flexibility index (Phi) is 5.31. The lowest BCUT2D eigenvalue weighted by atomic mass is 10.2. The number of fused-ring (bicyclic) bond motifs is 2. The Morgan fingerprint density at radius 3 is 2.59 bits per heavy atom. The highest BCUT2D eigenvalue weighted by molar-refractivity contribution is 6.42. The molecule has 1 aromatic carbocycles. The van der Waals surface area contributed by atoms with Crippen molar-refractivity contribution in [1.82, 2.24) is 19.6 Å². The minimum absolute atomic E-state index is 0.0940. The Balaban J connectivity index is 1.51. The number of benzene rings is 1. The van der Waals surface area contributed by atoms with Crippen LogP contribution in [0.4, 0.5) is 24.7 Å². The van der Waals surface area contributed by atoms with E-state index in [-0.39, 0.29) is 5.65 Å². The fourth-order valence-corrected chi connectivity index (χ4v) is 4.03. The van der Waals surface area contributed by atoms with Crippen molar-refractivity contribution in [3.63, 3.8) is 0 Å². The van der Waals surface area contributed by atoms with E-state index >= 15 is 0 Å². The molecule has 0 radical (unpaired) electrons. The summed E-state index contributed by atoms with van der Waals surface area (Å²) in [5, 5.41) is 9.17. The van der Waals surface area contributed by atoms with Crippen molar-refractivity contribution >= 4 is 51.3 Å². The van der Waals surface area contributed by atoms with Crippen molar-refractivity contribution < 1.29 is 17.9 Å². The van der Waals surface area contributed by atoms with Crippen molar-refractivity contribution in [3.05, 3.63) is 51.9 Å². The van der Waals surface area contributed by atoms with Crippen LogP contribution in [0.25, 0.3) is 16.6 Å². The van der Waals surface area contributed by atoms with E-state index in [2.05, 4.69) is 20.4 Å². The van der Waals surface area contributed by atoms with Gasteiger partial charge in [0.1, 0.15) is 0 Å². The van der Waals surface area contributed by atoms with Crippen LogP contribution in [0, 0.1) is 0 Å². The van der Waals surface area contributed by atoms with Crippen molar-refractivity contribution in [2.45, 2.75) is 12.7 Å². The standard InChI is InChI=1S/C20H17Cl2F3N6O/c21-13-6-11-5-12(28-15(11)7-14(13)22)9-26-16-8-18(30-1-3-32-4-2-30)29-31-17(20(23,24)25)10-27-19(16)31/h5-8,10,26,28H,1-4,9H2. The summed E-state index contributed by atoms with van der Waals surface area (Å²) < 4.78 is 46.7. The zero-order valence-electron chi connectivity index (χ0n) is 16.5.